The molecule has 13 heavy (non-hydrogen) atoms. The molecule has 1 aliphatic rings. The van der Waals surface area contributed by atoms with Crippen LogP contribution in [0.4, 0.5) is 0 Å². The van der Waals surface area contributed by atoms with Crippen molar-refractivity contribution in [1.82, 2.24) is 4.98 Å². The van der Waals surface area contributed by atoms with E-state index in [0.717, 1.165) is 22.6 Å². The molecule has 66 valence electrons. The number of aromatic nitrogens is 1. The number of thioether (sulfide) groups is 1. The normalized spacial score (nSPS) is 13.9. The summed E-state index contributed by atoms with van der Waals surface area (Å²) in [7, 11) is 0. The van der Waals surface area contributed by atoms with Crippen LogP contribution in [0.5, 0.6) is 0 Å². The molecule has 0 saturated heterocycles. The molecular formula is C8H4Cl2N2S. The van der Waals surface area contributed by atoms with Crippen LogP contribution in [-0.4, -0.2) is 4.98 Å². The van der Waals surface area contributed by atoms with E-state index >= 15 is 0 Å². The van der Waals surface area contributed by atoms with Crippen LogP contribution in [0.1, 0.15) is 16.7 Å². The van der Waals surface area contributed by atoms with E-state index in [0.29, 0.717) is 10.7 Å². The Kier molecular flexibility index (Phi) is 2.37. The molecule has 0 spiro atoms. The fourth-order valence-corrected chi connectivity index (χ4v) is 3.05. The molecule has 1 aliphatic heterocycles. The van der Waals surface area contributed by atoms with Gasteiger partial charge in [-0.15, -0.1) is 0 Å². The molecule has 0 N–H and O–H groups in total. The minimum Gasteiger partial charge on any atom is -0.223 e. The highest BCUT2D eigenvalue weighted by Gasteiger charge is 2.22. The first-order chi connectivity index (χ1) is 6.24. The second kappa shape index (κ2) is 3.38. The molecule has 1 aromatic heterocycles. The minimum atomic E-state index is 0.216. The molecular weight excluding hydrogens is 227 g/mol. The molecule has 2 nitrogen and oxygen atoms in total. The van der Waals surface area contributed by atoms with Gasteiger partial charge in [-0.1, -0.05) is 23.2 Å². The Labute approximate surface area is 89.9 Å². The molecule has 0 radical (unpaired) electrons. The summed E-state index contributed by atoms with van der Waals surface area (Å²) < 4.78 is 0. The van der Waals surface area contributed by atoms with Crippen molar-refractivity contribution < 1.29 is 0 Å². The number of nitriles is 1. The number of fused-ring (bicyclic) bond motifs is 1. The quantitative estimate of drug-likeness (QED) is 0.644. The Morgan fingerprint density at radius 2 is 1.92 bits per heavy atom. The molecule has 5 heteroatoms. The third-order valence-corrected chi connectivity index (χ3v) is 3.49. The smallest absolute Gasteiger partial charge is 0.148 e. The van der Waals surface area contributed by atoms with Gasteiger partial charge in [0.1, 0.15) is 16.4 Å². The van der Waals surface area contributed by atoms with Gasteiger partial charge in [0.2, 0.25) is 0 Å². The highest BCUT2D eigenvalue weighted by Crippen LogP contribution is 2.37. The van der Waals surface area contributed by atoms with Crippen LogP contribution in [0.3, 0.4) is 0 Å². The zero-order valence-corrected chi connectivity index (χ0v) is 8.80. The molecule has 0 aromatic carbocycles. The van der Waals surface area contributed by atoms with Crippen molar-refractivity contribution in [2.24, 2.45) is 0 Å². The van der Waals surface area contributed by atoms with Gasteiger partial charge in [0.05, 0.1) is 5.56 Å². The lowest BCUT2D eigenvalue weighted by atomic mass is 10.1. The van der Waals surface area contributed by atoms with E-state index in [9.17, 15) is 0 Å². The van der Waals surface area contributed by atoms with Crippen molar-refractivity contribution >= 4 is 35.0 Å². The summed E-state index contributed by atoms with van der Waals surface area (Å²) in [5, 5.41) is 9.50. The average Bonchev–Trinajstić information content (AvgIpc) is 2.53. The van der Waals surface area contributed by atoms with E-state index in [1.54, 1.807) is 11.8 Å². The molecule has 2 rings (SSSR count). The molecule has 0 atom stereocenters. The molecule has 0 amide bonds. The third-order valence-electron chi connectivity index (χ3n) is 1.92. The lowest BCUT2D eigenvalue weighted by Gasteiger charge is -2.03. The Bertz CT molecular complexity index is 412. The van der Waals surface area contributed by atoms with Gasteiger partial charge in [-0.25, -0.2) is 4.98 Å². The van der Waals surface area contributed by atoms with Gasteiger partial charge in [-0.2, -0.15) is 17.0 Å². The number of hydrogen-bond acceptors (Lipinski definition) is 3. The standard InChI is InChI=1S/C8H4Cl2N2S/c9-7-4(1-11)5-2-13-3-6(5)8(10)12-7/h2-3H2. The van der Waals surface area contributed by atoms with E-state index in [1.807, 2.05) is 0 Å². The van der Waals surface area contributed by atoms with Gasteiger partial charge in [0.25, 0.3) is 0 Å². The largest absolute Gasteiger partial charge is 0.223 e. The molecule has 0 fully saturated rings. The molecule has 0 saturated carbocycles. The second-order valence-corrected chi connectivity index (χ2v) is 4.33. The van der Waals surface area contributed by atoms with Crippen molar-refractivity contribution in [2.45, 2.75) is 11.5 Å². The van der Waals surface area contributed by atoms with Crippen LogP contribution < -0.4 is 0 Å². The highest BCUT2D eigenvalue weighted by molar-refractivity contribution is 7.98. The summed E-state index contributed by atoms with van der Waals surface area (Å²) >= 11 is 13.4. The maximum Gasteiger partial charge on any atom is 0.148 e. The van der Waals surface area contributed by atoms with Crippen LogP contribution in [0.2, 0.25) is 10.3 Å². The summed E-state index contributed by atoms with van der Waals surface area (Å²) in [6, 6.07) is 2.06. The topological polar surface area (TPSA) is 36.7 Å². The van der Waals surface area contributed by atoms with Gasteiger partial charge in [0.15, 0.2) is 0 Å². The molecule has 1 aromatic rings. The Morgan fingerprint density at radius 3 is 2.62 bits per heavy atom. The summed E-state index contributed by atoms with van der Waals surface area (Å²) in [4.78, 5) is 3.91. The van der Waals surface area contributed by atoms with E-state index in [1.165, 1.54) is 0 Å². The zero-order chi connectivity index (χ0) is 9.42. The van der Waals surface area contributed by atoms with Crippen LogP contribution in [-0.2, 0) is 11.5 Å². The minimum absolute atomic E-state index is 0.216. The molecule has 2 heterocycles. The predicted octanol–water partition coefficient (Wildman–Crippen LogP) is 3.01. The van der Waals surface area contributed by atoms with Gasteiger partial charge >= 0.3 is 0 Å². The maximum absolute atomic E-state index is 8.85. The summed E-state index contributed by atoms with van der Waals surface area (Å²) in [6.45, 7) is 0. The molecule has 0 bridgehead atoms. The van der Waals surface area contributed by atoms with Crippen molar-refractivity contribution in [1.29, 1.82) is 5.26 Å². The van der Waals surface area contributed by atoms with Crippen LogP contribution in [0.25, 0.3) is 0 Å². The SMILES string of the molecule is N#Cc1c(Cl)nc(Cl)c2c1CSC2. The number of halogens is 2. The summed E-state index contributed by atoms with van der Waals surface area (Å²) in [5.41, 5.74) is 2.40. The number of hydrogen-bond donors (Lipinski definition) is 0. The fourth-order valence-electron chi connectivity index (χ4n) is 1.28. The molecule has 0 unspecified atom stereocenters. The summed E-state index contributed by atoms with van der Waals surface area (Å²) in [5.74, 6) is 1.63. The van der Waals surface area contributed by atoms with Gasteiger partial charge in [0, 0.05) is 17.1 Å². The third kappa shape index (κ3) is 1.39. The van der Waals surface area contributed by atoms with Crippen LogP contribution in [0.15, 0.2) is 0 Å². The lowest BCUT2D eigenvalue weighted by molar-refractivity contribution is 1.20. The number of pyridine rings is 1. The highest BCUT2D eigenvalue weighted by atomic mass is 35.5. The monoisotopic (exact) mass is 230 g/mol. The van der Waals surface area contributed by atoms with Crippen molar-refractivity contribution in [2.75, 3.05) is 0 Å². The Morgan fingerprint density at radius 1 is 1.23 bits per heavy atom. The van der Waals surface area contributed by atoms with Crippen molar-refractivity contribution in [3.63, 3.8) is 0 Å². The Hall–Kier alpha value is -0.430. The molecule has 0 aliphatic carbocycles. The van der Waals surface area contributed by atoms with Gasteiger partial charge < -0.3 is 0 Å². The van der Waals surface area contributed by atoms with Gasteiger partial charge in [-0.3, -0.25) is 0 Å². The van der Waals surface area contributed by atoms with E-state index in [2.05, 4.69) is 11.1 Å². The number of nitrogens with zero attached hydrogens (tertiary/aromatic N) is 2. The van der Waals surface area contributed by atoms with E-state index in [-0.39, 0.29) is 5.15 Å². The van der Waals surface area contributed by atoms with E-state index in [4.69, 9.17) is 28.5 Å². The first-order valence-electron chi connectivity index (χ1n) is 3.58. The zero-order valence-electron chi connectivity index (χ0n) is 6.47. The first-order valence-corrected chi connectivity index (χ1v) is 5.49. The fraction of sp³-hybridized carbons (Fsp3) is 0.250. The Balaban J connectivity index is 2.74. The number of rotatable bonds is 0. The van der Waals surface area contributed by atoms with Crippen molar-refractivity contribution in [3.8, 4) is 6.07 Å². The van der Waals surface area contributed by atoms with Gasteiger partial charge in [-0.05, 0) is 5.56 Å². The predicted molar refractivity (Wildman–Crippen MR) is 54.0 cm³/mol. The van der Waals surface area contributed by atoms with E-state index < -0.39 is 0 Å². The van der Waals surface area contributed by atoms with Crippen LogP contribution >= 0.6 is 35.0 Å². The van der Waals surface area contributed by atoms with Crippen molar-refractivity contribution in [3.05, 3.63) is 27.0 Å². The lowest BCUT2D eigenvalue weighted by Crippen LogP contribution is -1.94. The van der Waals surface area contributed by atoms with Crippen LogP contribution in [0, 0.1) is 11.3 Å². The average molecular weight is 231 g/mol. The first kappa shape index (κ1) is 9.14. The maximum atomic E-state index is 8.85. The second-order valence-electron chi connectivity index (χ2n) is 2.63. The summed E-state index contributed by atoms with van der Waals surface area (Å²) in [6.07, 6.45) is 0.